The van der Waals surface area contributed by atoms with E-state index in [1.165, 1.54) is 24.4 Å². The predicted octanol–water partition coefficient (Wildman–Crippen LogP) is 3.95. The second kappa shape index (κ2) is 13.7. The number of piperidine rings is 1. The van der Waals surface area contributed by atoms with Crippen molar-refractivity contribution in [3.63, 3.8) is 0 Å². The van der Waals surface area contributed by atoms with Crippen LogP contribution >= 0.6 is 0 Å². The van der Waals surface area contributed by atoms with E-state index >= 15 is 0 Å². The Balaban J connectivity index is 1.99. The van der Waals surface area contributed by atoms with Crippen LogP contribution in [0.15, 0.2) is 46.4 Å². The predicted molar refractivity (Wildman–Crippen MR) is 160 cm³/mol. The van der Waals surface area contributed by atoms with Gasteiger partial charge in [0, 0.05) is 67.6 Å². The monoisotopic (exact) mass is 603 g/mol. The minimum Gasteiger partial charge on any atom is -0.370 e. The average Bonchev–Trinajstić information content (AvgIpc) is 2.92. The number of hydrogen-bond acceptors (Lipinski definition) is 10. The number of benzene rings is 2. The molecule has 0 aliphatic carbocycles. The van der Waals surface area contributed by atoms with Crippen LogP contribution in [-0.2, 0) is 14.8 Å². The Morgan fingerprint density at radius 1 is 1.05 bits per heavy atom. The molecule has 1 aliphatic rings. The lowest BCUT2D eigenvalue weighted by Crippen LogP contribution is -2.41. The Kier molecular flexibility index (Phi) is 10.6. The van der Waals surface area contributed by atoms with Gasteiger partial charge in [-0.05, 0) is 36.8 Å². The number of anilines is 2. The standard InChI is InChI=1S/C27H37N7O7S/c1-18(2)16-31(17-19(3)4)25-8-6-22(33(36)37)13-21(25)15-29-30-24-7-5-23(34(38)39)14-26(24)42(40,41)32-11-9-20(10-12-32)27(28)35/h5-8,13-15,18-20,30H,9-12,16-17H2,1-4H3,(H2,28,35)/b29-15-. The Bertz CT molecular complexity index is 1440. The number of nitrogens with one attached hydrogen (secondary N) is 1. The maximum absolute atomic E-state index is 13.6. The van der Waals surface area contributed by atoms with Crippen LogP contribution in [0.1, 0.15) is 46.1 Å². The van der Waals surface area contributed by atoms with Gasteiger partial charge in [0.1, 0.15) is 4.90 Å². The van der Waals surface area contributed by atoms with Crippen LogP contribution in [0.2, 0.25) is 0 Å². The van der Waals surface area contributed by atoms with Crippen LogP contribution in [-0.4, -0.2) is 60.9 Å². The van der Waals surface area contributed by atoms with Crippen LogP contribution in [0.4, 0.5) is 22.7 Å². The van der Waals surface area contributed by atoms with Crippen LogP contribution in [0, 0.1) is 38.0 Å². The van der Waals surface area contributed by atoms with Crippen molar-refractivity contribution >= 4 is 44.9 Å². The van der Waals surface area contributed by atoms with Crippen molar-refractivity contribution in [2.75, 3.05) is 36.5 Å². The molecule has 2 aromatic carbocycles. The lowest BCUT2D eigenvalue weighted by Gasteiger charge is -2.30. The zero-order valence-electron chi connectivity index (χ0n) is 24.1. The molecule has 15 heteroatoms. The molecule has 3 rings (SSSR count). The van der Waals surface area contributed by atoms with Crippen molar-refractivity contribution in [3.8, 4) is 0 Å². The van der Waals surface area contributed by atoms with Crippen LogP contribution in [0.5, 0.6) is 0 Å². The number of carbonyl (C=O) groups is 1. The third-order valence-electron chi connectivity index (χ3n) is 6.77. The second-order valence-corrected chi connectivity index (χ2v) is 13.0. The Morgan fingerprint density at radius 2 is 1.60 bits per heavy atom. The summed E-state index contributed by atoms with van der Waals surface area (Å²) in [7, 11) is -4.22. The minimum absolute atomic E-state index is 0.0120. The lowest BCUT2D eigenvalue weighted by molar-refractivity contribution is -0.385. The summed E-state index contributed by atoms with van der Waals surface area (Å²) < 4.78 is 28.3. The number of nitrogens with zero attached hydrogens (tertiary/aromatic N) is 5. The zero-order valence-corrected chi connectivity index (χ0v) is 24.9. The molecular formula is C27H37N7O7S. The van der Waals surface area contributed by atoms with E-state index in [2.05, 4.69) is 43.1 Å². The first kappa shape index (κ1) is 32.4. The van der Waals surface area contributed by atoms with Gasteiger partial charge in [-0.3, -0.25) is 30.4 Å². The fraction of sp³-hybridized carbons (Fsp3) is 0.481. The van der Waals surface area contributed by atoms with Gasteiger partial charge in [-0.2, -0.15) is 9.41 Å². The van der Waals surface area contributed by atoms with Gasteiger partial charge >= 0.3 is 0 Å². The van der Waals surface area contributed by atoms with Crippen molar-refractivity contribution < 1.29 is 23.1 Å². The first-order chi connectivity index (χ1) is 19.7. The number of carbonyl (C=O) groups excluding carboxylic acids is 1. The molecule has 0 unspecified atom stereocenters. The molecule has 1 fully saturated rings. The SMILES string of the molecule is CC(C)CN(CC(C)C)c1ccc([N+](=O)[O-])cc1/C=N\Nc1ccc([N+](=O)[O-])cc1S(=O)(=O)N1CCC(C(N)=O)CC1. The van der Waals surface area contributed by atoms with Gasteiger partial charge in [-0.15, -0.1) is 0 Å². The molecule has 0 aromatic heterocycles. The Labute approximate surface area is 244 Å². The number of amides is 1. The van der Waals surface area contributed by atoms with Gasteiger partial charge < -0.3 is 10.6 Å². The molecule has 2 aromatic rings. The van der Waals surface area contributed by atoms with Crippen molar-refractivity contribution in [2.45, 2.75) is 45.4 Å². The highest BCUT2D eigenvalue weighted by Crippen LogP contribution is 2.32. The highest BCUT2D eigenvalue weighted by atomic mass is 32.2. The van der Waals surface area contributed by atoms with Crippen LogP contribution < -0.4 is 16.1 Å². The molecular weight excluding hydrogens is 566 g/mol. The summed E-state index contributed by atoms with van der Waals surface area (Å²) in [5.74, 6) is -0.329. The summed E-state index contributed by atoms with van der Waals surface area (Å²) in [4.78, 5) is 35.1. The van der Waals surface area contributed by atoms with Gasteiger partial charge in [0.05, 0.1) is 21.7 Å². The number of non-ortho nitro benzene ring substituents is 2. The first-order valence-electron chi connectivity index (χ1n) is 13.6. The average molecular weight is 604 g/mol. The summed E-state index contributed by atoms with van der Waals surface area (Å²) in [6.07, 6.45) is 1.85. The molecule has 1 saturated heterocycles. The van der Waals surface area contributed by atoms with E-state index in [1.54, 1.807) is 6.07 Å². The van der Waals surface area contributed by atoms with Crippen molar-refractivity contribution in [1.82, 2.24) is 4.31 Å². The number of primary amides is 1. The highest BCUT2D eigenvalue weighted by molar-refractivity contribution is 7.89. The molecule has 42 heavy (non-hydrogen) atoms. The first-order valence-corrected chi connectivity index (χ1v) is 15.0. The molecule has 0 bridgehead atoms. The molecule has 1 amide bonds. The number of hydrogen-bond donors (Lipinski definition) is 2. The Hall–Kier alpha value is -4.11. The summed E-state index contributed by atoms with van der Waals surface area (Å²) in [6.45, 7) is 9.73. The Morgan fingerprint density at radius 3 is 2.12 bits per heavy atom. The molecule has 0 atom stereocenters. The maximum atomic E-state index is 13.6. The largest absolute Gasteiger partial charge is 0.370 e. The van der Waals surface area contributed by atoms with E-state index < -0.39 is 37.4 Å². The minimum atomic E-state index is -4.22. The van der Waals surface area contributed by atoms with Crippen LogP contribution in [0.3, 0.4) is 0 Å². The molecule has 1 aliphatic heterocycles. The summed E-state index contributed by atoms with van der Waals surface area (Å²) in [5.41, 5.74) is 8.64. The third kappa shape index (κ3) is 8.00. The molecule has 0 radical (unpaired) electrons. The number of nitro groups is 2. The number of rotatable bonds is 13. The van der Waals surface area contributed by atoms with E-state index in [1.807, 2.05) is 0 Å². The van der Waals surface area contributed by atoms with E-state index in [4.69, 9.17) is 5.73 Å². The molecule has 228 valence electrons. The normalized spacial score (nSPS) is 14.9. The van der Waals surface area contributed by atoms with Crippen molar-refractivity contribution in [3.05, 3.63) is 62.2 Å². The topological polar surface area (TPSA) is 194 Å². The molecule has 0 spiro atoms. The van der Waals surface area contributed by atoms with Gasteiger partial charge in [0.2, 0.25) is 15.9 Å². The third-order valence-corrected chi connectivity index (χ3v) is 8.71. The smallest absolute Gasteiger partial charge is 0.270 e. The number of nitrogens with two attached hydrogens (primary N) is 1. The molecule has 14 nitrogen and oxygen atoms in total. The zero-order chi connectivity index (χ0) is 31.2. The molecule has 0 saturated carbocycles. The van der Waals surface area contributed by atoms with E-state index in [0.717, 1.165) is 22.1 Å². The van der Waals surface area contributed by atoms with Gasteiger partial charge in [0.15, 0.2) is 0 Å². The summed E-state index contributed by atoms with van der Waals surface area (Å²) in [6, 6.07) is 7.85. The summed E-state index contributed by atoms with van der Waals surface area (Å²) >= 11 is 0. The number of nitro benzene ring substituents is 2. The fourth-order valence-electron chi connectivity index (χ4n) is 4.82. The summed E-state index contributed by atoms with van der Waals surface area (Å²) in [5, 5.41) is 27.2. The fourth-order valence-corrected chi connectivity index (χ4v) is 6.45. The molecule has 1 heterocycles. The number of hydrazone groups is 1. The van der Waals surface area contributed by atoms with E-state index in [-0.39, 0.29) is 42.2 Å². The maximum Gasteiger partial charge on any atom is 0.270 e. The highest BCUT2D eigenvalue weighted by Gasteiger charge is 2.33. The molecule has 3 N–H and O–H groups in total. The van der Waals surface area contributed by atoms with E-state index in [0.29, 0.717) is 30.5 Å². The lowest BCUT2D eigenvalue weighted by atomic mass is 9.98. The quantitative estimate of drug-likeness (QED) is 0.193. The van der Waals surface area contributed by atoms with Crippen LogP contribution in [0.25, 0.3) is 0 Å². The van der Waals surface area contributed by atoms with E-state index in [9.17, 15) is 33.4 Å². The van der Waals surface area contributed by atoms with Crippen molar-refractivity contribution in [1.29, 1.82) is 0 Å². The van der Waals surface area contributed by atoms with Gasteiger partial charge in [-0.1, -0.05) is 27.7 Å². The second-order valence-electron chi connectivity index (χ2n) is 11.1. The van der Waals surface area contributed by atoms with Gasteiger partial charge in [-0.25, -0.2) is 8.42 Å². The van der Waals surface area contributed by atoms with Gasteiger partial charge in [0.25, 0.3) is 11.4 Å². The van der Waals surface area contributed by atoms with Crippen molar-refractivity contribution in [2.24, 2.45) is 28.6 Å². The number of sulfonamides is 1.